The number of nitriles is 1. The lowest BCUT2D eigenvalue weighted by atomic mass is 10.1. The quantitative estimate of drug-likeness (QED) is 0.481. The number of ether oxygens (including phenoxy) is 1. The highest BCUT2D eigenvalue weighted by Gasteiger charge is 2.09. The third kappa shape index (κ3) is 4.36. The average Bonchev–Trinajstić information content (AvgIpc) is 3.12. The molecule has 0 aliphatic heterocycles. The summed E-state index contributed by atoms with van der Waals surface area (Å²) >= 11 is 4.88. The molecule has 124 valence electrons. The number of nitrogens with zero attached hydrogens (tertiary/aromatic N) is 2. The Labute approximate surface area is 159 Å². The Morgan fingerprint density at radius 2 is 1.92 bits per heavy atom. The Morgan fingerprint density at radius 3 is 2.56 bits per heavy atom. The molecule has 25 heavy (non-hydrogen) atoms. The fourth-order valence-corrected chi connectivity index (χ4v) is 3.35. The zero-order valence-electron chi connectivity index (χ0n) is 13.6. The highest BCUT2D eigenvalue weighted by molar-refractivity contribution is 9.10. The molecule has 3 rings (SSSR count). The van der Waals surface area contributed by atoms with Crippen LogP contribution in [0.15, 0.2) is 58.4 Å². The van der Waals surface area contributed by atoms with Gasteiger partial charge in [-0.15, -0.1) is 11.3 Å². The fraction of sp³-hybridized carbons (Fsp3) is 0.100. The van der Waals surface area contributed by atoms with E-state index in [1.807, 2.05) is 66.9 Å². The maximum Gasteiger partial charge on any atom is 0.134 e. The van der Waals surface area contributed by atoms with Gasteiger partial charge in [-0.3, -0.25) is 0 Å². The molecule has 2 aromatic carbocycles. The molecule has 0 saturated heterocycles. The summed E-state index contributed by atoms with van der Waals surface area (Å²) in [5.41, 5.74) is 3.40. The van der Waals surface area contributed by atoms with Gasteiger partial charge in [0.1, 0.15) is 16.8 Å². The van der Waals surface area contributed by atoms with Gasteiger partial charge in [-0.1, -0.05) is 28.1 Å². The summed E-state index contributed by atoms with van der Waals surface area (Å²) in [6.45, 7) is 2.61. The molecule has 0 amide bonds. The van der Waals surface area contributed by atoms with Gasteiger partial charge in [0.25, 0.3) is 0 Å². The molecule has 0 spiro atoms. The number of thiazole rings is 1. The Bertz CT molecular complexity index is 922. The van der Waals surface area contributed by atoms with Crippen LogP contribution in [0.5, 0.6) is 5.75 Å². The monoisotopic (exact) mass is 410 g/mol. The van der Waals surface area contributed by atoms with Crippen molar-refractivity contribution in [2.24, 2.45) is 0 Å². The molecule has 0 saturated carbocycles. The summed E-state index contributed by atoms with van der Waals surface area (Å²) in [6, 6.07) is 17.9. The van der Waals surface area contributed by atoms with E-state index < -0.39 is 0 Å². The highest BCUT2D eigenvalue weighted by atomic mass is 79.9. The van der Waals surface area contributed by atoms with Crippen molar-refractivity contribution in [3.05, 3.63) is 69.0 Å². The SMILES string of the molecule is CCOc1ccc(-c2csc(/C(C#N)=C\c3ccc(Br)cc3)n2)cc1. The first kappa shape index (κ1) is 17.4. The van der Waals surface area contributed by atoms with E-state index in [4.69, 9.17) is 4.74 Å². The van der Waals surface area contributed by atoms with Crippen molar-refractivity contribution in [2.45, 2.75) is 6.92 Å². The maximum absolute atomic E-state index is 9.49. The van der Waals surface area contributed by atoms with Gasteiger partial charge in [0.15, 0.2) is 0 Å². The third-order valence-corrected chi connectivity index (χ3v) is 4.90. The minimum atomic E-state index is 0.560. The Balaban J connectivity index is 1.86. The first-order valence-corrected chi connectivity index (χ1v) is 9.43. The van der Waals surface area contributed by atoms with Crippen molar-refractivity contribution in [1.82, 2.24) is 4.98 Å². The lowest BCUT2D eigenvalue weighted by Crippen LogP contribution is -1.90. The molecular weight excluding hydrogens is 396 g/mol. The highest BCUT2D eigenvalue weighted by Crippen LogP contribution is 2.28. The minimum absolute atomic E-state index is 0.560. The second-order valence-electron chi connectivity index (χ2n) is 5.22. The van der Waals surface area contributed by atoms with E-state index in [-0.39, 0.29) is 0 Å². The lowest BCUT2D eigenvalue weighted by molar-refractivity contribution is 0.340. The van der Waals surface area contributed by atoms with Crippen LogP contribution in [0.3, 0.4) is 0 Å². The molecule has 0 unspecified atom stereocenters. The molecule has 3 aromatic rings. The van der Waals surface area contributed by atoms with Crippen LogP contribution < -0.4 is 4.74 Å². The van der Waals surface area contributed by atoms with Gasteiger partial charge in [0.2, 0.25) is 0 Å². The van der Waals surface area contributed by atoms with E-state index in [1.165, 1.54) is 11.3 Å². The molecule has 0 aliphatic carbocycles. The number of hydrogen-bond donors (Lipinski definition) is 0. The number of benzene rings is 2. The zero-order valence-corrected chi connectivity index (χ0v) is 16.0. The second kappa shape index (κ2) is 8.11. The van der Waals surface area contributed by atoms with Crippen molar-refractivity contribution >= 4 is 38.9 Å². The molecule has 3 nitrogen and oxygen atoms in total. The van der Waals surface area contributed by atoms with Gasteiger partial charge in [0, 0.05) is 15.4 Å². The Morgan fingerprint density at radius 1 is 1.20 bits per heavy atom. The van der Waals surface area contributed by atoms with Gasteiger partial charge in [-0.05, 0) is 55.0 Å². The average molecular weight is 411 g/mol. The molecule has 0 fully saturated rings. The van der Waals surface area contributed by atoms with Gasteiger partial charge in [-0.2, -0.15) is 5.26 Å². The van der Waals surface area contributed by atoms with Crippen molar-refractivity contribution in [2.75, 3.05) is 6.61 Å². The summed E-state index contributed by atoms with van der Waals surface area (Å²) in [7, 11) is 0. The third-order valence-electron chi connectivity index (χ3n) is 3.50. The first-order valence-electron chi connectivity index (χ1n) is 7.76. The Kier molecular flexibility index (Phi) is 5.64. The second-order valence-corrected chi connectivity index (χ2v) is 6.99. The topological polar surface area (TPSA) is 45.9 Å². The zero-order chi connectivity index (χ0) is 17.6. The summed E-state index contributed by atoms with van der Waals surface area (Å²) in [6.07, 6.45) is 1.85. The van der Waals surface area contributed by atoms with Crippen LogP contribution in [-0.2, 0) is 0 Å². The van der Waals surface area contributed by atoms with E-state index >= 15 is 0 Å². The minimum Gasteiger partial charge on any atom is -0.494 e. The Hall–Kier alpha value is -2.42. The van der Waals surface area contributed by atoms with Crippen LogP contribution in [-0.4, -0.2) is 11.6 Å². The number of aromatic nitrogens is 1. The summed E-state index contributed by atoms with van der Waals surface area (Å²) in [5, 5.41) is 12.2. The van der Waals surface area contributed by atoms with Gasteiger partial charge in [-0.25, -0.2) is 4.98 Å². The molecule has 1 heterocycles. The predicted octanol–water partition coefficient (Wildman–Crippen LogP) is 6.04. The molecule has 5 heteroatoms. The van der Waals surface area contributed by atoms with Crippen LogP contribution >= 0.6 is 27.3 Å². The first-order chi connectivity index (χ1) is 12.2. The van der Waals surface area contributed by atoms with Crippen molar-refractivity contribution < 1.29 is 4.74 Å². The number of allylic oxidation sites excluding steroid dienone is 1. The van der Waals surface area contributed by atoms with E-state index in [1.54, 1.807) is 0 Å². The van der Waals surface area contributed by atoms with Crippen LogP contribution in [0.4, 0.5) is 0 Å². The van der Waals surface area contributed by atoms with E-state index in [2.05, 4.69) is 27.0 Å². The largest absolute Gasteiger partial charge is 0.494 e. The molecular formula is C20H15BrN2OS. The molecule has 1 aromatic heterocycles. The summed E-state index contributed by atoms with van der Waals surface area (Å²) < 4.78 is 6.47. The van der Waals surface area contributed by atoms with Crippen LogP contribution in [0.1, 0.15) is 17.5 Å². The van der Waals surface area contributed by atoms with Gasteiger partial charge < -0.3 is 4.74 Å². The van der Waals surface area contributed by atoms with Crippen LogP contribution in [0.2, 0.25) is 0 Å². The number of rotatable bonds is 5. The number of hydrogen-bond acceptors (Lipinski definition) is 4. The van der Waals surface area contributed by atoms with Gasteiger partial charge >= 0.3 is 0 Å². The van der Waals surface area contributed by atoms with E-state index in [0.29, 0.717) is 17.2 Å². The normalized spacial score (nSPS) is 11.2. The lowest BCUT2D eigenvalue weighted by Gasteiger charge is -2.03. The van der Waals surface area contributed by atoms with Crippen molar-refractivity contribution in [3.63, 3.8) is 0 Å². The predicted molar refractivity (Wildman–Crippen MR) is 106 cm³/mol. The number of halogens is 1. The molecule has 0 atom stereocenters. The van der Waals surface area contributed by atoms with Gasteiger partial charge in [0.05, 0.1) is 17.9 Å². The van der Waals surface area contributed by atoms with E-state index in [9.17, 15) is 5.26 Å². The van der Waals surface area contributed by atoms with Crippen molar-refractivity contribution in [3.8, 4) is 23.1 Å². The smallest absolute Gasteiger partial charge is 0.134 e. The van der Waals surface area contributed by atoms with Crippen molar-refractivity contribution in [1.29, 1.82) is 5.26 Å². The maximum atomic E-state index is 9.49. The molecule has 0 radical (unpaired) electrons. The van der Waals surface area contributed by atoms with Crippen LogP contribution in [0.25, 0.3) is 22.9 Å². The molecule has 0 aliphatic rings. The molecule has 0 bridgehead atoms. The summed E-state index contributed by atoms with van der Waals surface area (Å²) in [5.74, 6) is 0.842. The fourth-order valence-electron chi connectivity index (χ4n) is 2.29. The summed E-state index contributed by atoms with van der Waals surface area (Å²) in [4.78, 5) is 4.62. The van der Waals surface area contributed by atoms with Crippen LogP contribution in [0, 0.1) is 11.3 Å². The van der Waals surface area contributed by atoms with E-state index in [0.717, 1.165) is 27.0 Å². The molecule has 0 N–H and O–H groups in total. The standard InChI is InChI=1S/C20H15BrN2OS/c1-2-24-18-9-5-15(6-10-18)19-13-25-20(23-19)16(12-22)11-14-3-7-17(21)8-4-14/h3-11,13H,2H2,1H3/b16-11-.